The molecule has 120 valence electrons. The van der Waals surface area contributed by atoms with Gasteiger partial charge in [-0.05, 0) is 67.3 Å². The highest BCUT2D eigenvalue weighted by molar-refractivity contribution is 5.95. The zero-order valence-corrected chi connectivity index (χ0v) is 14.1. The van der Waals surface area contributed by atoms with Crippen LogP contribution in [0.1, 0.15) is 64.8 Å². The number of aryl methyl sites for hydroxylation is 3. The van der Waals surface area contributed by atoms with Gasteiger partial charge in [0.1, 0.15) is 0 Å². The van der Waals surface area contributed by atoms with E-state index in [4.69, 9.17) is 0 Å². The maximum Gasteiger partial charge on any atom is 0.252 e. The van der Waals surface area contributed by atoms with Crippen molar-refractivity contribution in [3.05, 3.63) is 70.3 Å². The molecule has 0 fully saturated rings. The predicted octanol–water partition coefficient (Wildman–Crippen LogP) is 4.75. The molecule has 2 nitrogen and oxygen atoms in total. The quantitative estimate of drug-likeness (QED) is 0.867. The van der Waals surface area contributed by atoms with Crippen LogP contribution in [0.4, 0.5) is 0 Å². The Balaban J connectivity index is 1.80. The van der Waals surface area contributed by atoms with Crippen molar-refractivity contribution in [1.29, 1.82) is 0 Å². The Morgan fingerprint density at radius 3 is 2.57 bits per heavy atom. The molecular weight excluding hydrogens is 282 g/mol. The van der Waals surface area contributed by atoms with Crippen LogP contribution in [0.2, 0.25) is 0 Å². The van der Waals surface area contributed by atoms with Gasteiger partial charge in [-0.3, -0.25) is 4.79 Å². The summed E-state index contributed by atoms with van der Waals surface area (Å²) in [6, 6.07) is 14.6. The molecule has 0 heterocycles. The van der Waals surface area contributed by atoms with Crippen LogP contribution in [0.25, 0.3) is 0 Å². The number of rotatable bonds is 4. The summed E-state index contributed by atoms with van der Waals surface area (Å²) in [5.41, 5.74) is 5.97. The Kier molecular flexibility index (Phi) is 4.80. The van der Waals surface area contributed by atoms with E-state index in [0.29, 0.717) is 0 Å². The third kappa shape index (κ3) is 3.47. The van der Waals surface area contributed by atoms with Crippen molar-refractivity contribution in [2.45, 2.75) is 52.0 Å². The van der Waals surface area contributed by atoms with Crippen LogP contribution < -0.4 is 5.32 Å². The summed E-state index contributed by atoms with van der Waals surface area (Å²) in [7, 11) is 0. The molecular formula is C21H25NO. The van der Waals surface area contributed by atoms with Crippen molar-refractivity contribution >= 4 is 5.91 Å². The molecule has 2 aromatic rings. The summed E-state index contributed by atoms with van der Waals surface area (Å²) < 4.78 is 0. The van der Waals surface area contributed by atoms with Crippen molar-refractivity contribution in [2.75, 3.05) is 0 Å². The van der Waals surface area contributed by atoms with Crippen molar-refractivity contribution in [3.63, 3.8) is 0 Å². The number of nitrogens with one attached hydrogen (secondary N) is 1. The Labute approximate surface area is 138 Å². The van der Waals surface area contributed by atoms with E-state index >= 15 is 0 Å². The van der Waals surface area contributed by atoms with E-state index < -0.39 is 0 Å². The largest absolute Gasteiger partial charge is 0.345 e. The standard InChI is InChI=1S/C21H25NO/c1-3-20(22-21(23)19-11-7-4-8-15(19)2)18-13-12-16-9-5-6-10-17(16)14-18/h4,7-8,11-14,20H,3,5-6,9-10H2,1-2H3,(H,22,23). The maximum atomic E-state index is 12.6. The van der Waals surface area contributed by atoms with E-state index in [0.717, 1.165) is 17.5 Å². The molecule has 0 radical (unpaired) electrons. The normalized spacial score (nSPS) is 14.9. The van der Waals surface area contributed by atoms with Gasteiger partial charge >= 0.3 is 0 Å². The molecule has 1 amide bonds. The second-order valence-electron chi connectivity index (χ2n) is 6.48. The van der Waals surface area contributed by atoms with Gasteiger partial charge in [0, 0.05) is 5.56 Å². The van der Waals surface area contributed by atoms with Crippen molar-refractivity contribution in [2.24, 2.45) is 0 Å². The van der Waals surface area contributed by atoms with E-state index in [-0.39, 0.29) is 11.9 Å². The molecule has 0 aliphatic heterocycles. The second kappa shape index (κ2) is 6.99. The molecule has 2 heteroatoms. The average molecular weight is 307 g/mol. The molecule has 3 rings (SSSR count). The molecule has 1 N–H and O–H groups in total. The van der Waals surface area contributed by atoms with Crippen LogP contribution in [-0.2, 0) is 12.8 Å². The van der Waals surface area contributed by atoms with E-state index in [2.05, 4.69) is 30.4 Å². The van der Waals surface area contributed by atoms with Crippen LogP contribution in [0.15, 0.2) is 42.5 Å². The van der Waals surface area contributed by atoms with E-state index in [1.807, 2.05) is 31.2 Å². The third-order valence-electron chi connectivity index (χ3n) is 4.88. The second-order valence-corrected chi connectivity index (χ2v) is 6.48. The Hall–Kier alpha value is -2.09. The lowest BCUT2D eigenvalue weighted by molar-refractivity contribution is 0.0935. The summed E-state index contributed by atoms with van der Waals surface area (Å²) in [5.74, 6) is 0.0210. The number of benzene rings is 2. The molecule has 1 aliphatic carbocycles. The summed E-state index contributed by atoms with van der Waals surface area (Å²) in [5, 5.41) is 3.21. The highest BCUT2D eigenvalue weighted by atomic mass is 16.1. The SMILES string of the molecule is CCC(NC(=O)c1ccccc1C)c1ccc2c(c1)CCCC2. The summed E-state index contributed by atoms with van der Waals surface area (Å²) >= 11 is 0. The Bertz CT molecular complexity index is 705. The molecule has 1 atom stereocenters. The smallest absolute Gasteiger partial charge is 0.252 e. The highest BCUT2D eigenvalue weighted by Gasteiger charge is 2.17. The van der Waals surface area contributed by atoms with E-state index in [1.54, 1.807) is 0 Å². The molecule has 0 spiro atoms. The highest BCUT2D eigenvalue weighted by Crippen LogP contribution is 2.26. The van der Waals surface area contributed by atoms with Gasteiger partial charge in [0.15, 0.2) is 0 Å². The van der Waals surface area contributed by atoms with Gasteiger partial charge in [-0.2, -0.15) is 0 Å². The fourth-order valence-corrected chi connectivity index (χ4v) is 3.45. The van der Waals surface area contributed by atoms with Gasteiger partial charge in [-0.1, -0.05) is 43.3 Å². The first-order chi connectivity index (χ1) is 11.2. The minimum absolute atomic E-state index is 0.0210. The summed E-state index contributed by atoms with van der Waals surface area (Å²) in [4.78, 5) is 12.6. The molecule has 0 saturated carbocycles. The topological polar surface area (TPSA) is 29.1 Å². The van der Waals surface area contributed by atoms with Gasteiger partial charge in [-0.25, -0.2) is 0 Å². The van der Waals surface area contributed by atoms with Crippen molar-refractivity contribution < 1.29 is 4.79 Å². The zero-order chi connectivity index (χ0) is 16.2. The minimum Gasteiger partial charge on any atom is -0.345 e. The Morgan fingerprint density at radius 1 is 1.09 bits per heavy atom. The third-order valence-corrected chi connectivity index (χ3v) is 4.88. The fraction of sp³-hybridized carbons (Fsp3) is 0.381. The van der Waals surface area contributed by atoms with Gasteiger partial charge in [-0.15, -0.1) is 0 Å². The number of amides is 1. The van der Waals surface area contributed by atoms with Gasteiger partial charge in [0.05, 0.1) is 6.04 Å². The molecule has 0 bridgehead atoms. The predicted molar refractivity (Wildman–Crippen MR) is 94.8 cm³/mol. The first-order valence-corrected chi connectivity index (χ1v) is 8.67. The van der Waals surface area contributed by atoms with Crippen LogP contribution in [0.3, 0.4) is 0 Å². The van der Waals surface area contributed by atoms with E-state index in [1.165, 1.54) is 42.4 Å². The molecule has 23 heavy (non-hydrogen) atoms. The molecule has 2 aromatic carbocycles. The molecule has 1 aliphatic rings. The first kappa shape index (κ1) is 15.8. The maximum absolute atomic E-state index is 12.6. The number of hydrogen-bond donors (Lipinski definition) is 1. The molecule has 1 unspecified atom stereocenters. The average Bonchev–Trinajstić information content (AvgIpc) is 2.59. The lowest BCUT2D eigenvalue weighted by atomic mass is 9.88. The van der Waals surface area contributed by atoms with Crippen molar-refractivity contribution in [1.82, 2.24) is 5.32 Å². The Morgan fingerprint density at radius 2 is 1.83 bits per heavy atom. The van der Waals surface area contributed by atoms with Crippen LogP contribution in [0, 0.1) is 6.92 Å². The van der Waals surface area contributed by atoms with Gasteiger partial charge in [0.2, 0.25) is 0 Å². The van der Waals surface area contributed by atoms with Crippen molar-refractivity contribution in [3.8, 4) is 0 Å². The first-order valence-electron chi connectivity index (χ1n) is 8.67. The summed E-state index contributed by atoms with van der Waals surface area (Å²) in [6.45, 7) is 4.11. The molecule has 0 saturated heterocycles. The number of hydrogen-bond acceptors (Lipinski definition) is 1. The number of carbonyl (C=O) groups is 1. The fourth-order valence-electron chi connectivity index (χ4n) is 3.45. The van der Waals surface area contributed by atoms with Gasteiger partial charge in [0.25, 0.3) is 5.91 Å². The zero-order valence-electron chi connectivity index (χ0n) is 14.1. The number of fused-ring (bicyclic) bond motifs is 1. The summed E-state index contributed by atoms with van der Waals surface area (Å²) in [6.07, 6.45) is 5.85. The lowest BCUT2D eigenvalue weighted by Gasteiger charge is -2.22. The van der Waals surface area contributed by atoms with E-state index in [9.17, 15) is 4.79 Å². The lowest BCUT2D eigenvalue weighted by Crippen LogP contribution is -2.28. The monoisotopic (exact) mass is 307 g/mol. The van der Waals surface area contributed by atoms with Gasteiger partial charge < -0.3 is 5.32 Å². The van der Waals surface area contributed by atoms with Crippen LogP contribution in [0.5, 0.6) is 0 Å². The number of carbonyl (C=O) groups excluding carboxylic acids is 1. The van der Waals surface area contributed by atoms with Crippen LogP contribution in [-0.4, -0.2) is 5.91 Å². The van der Waals surface area contributed by atoms with Crippen LogP contribution >= 0.6 is 0 Å². The molecule has 0 aromatic heterocycles. The minimum atomic E-state index is 0.0210.